The van der Waals surface area contributed by atoms with Gasteiger partial charge in [0, 0.05) is 38.8 Å². The van der Waals surface area contributed by atoms with Crippen LogP contribution >= 0.6 is 0 Å². The molecule has 1 aliphatic heterocycles. The topological polar surface area (TPSA) is 60.9 Å². The van der Waals surface area contributed by atoms with Gasteiger partial charge in [-0.1, -0.05) is 18.2 Å². The number of amides is 1. The summed E-state index contributed by atoms with van der Waals surface area (Å²) in [6.45, 7) is 3.82. The molecule has 0 aromatic heterocycles. The molecule has 1 aliphatic rings. The van der Waals surface area contributed by atoms with Crippen molar-refractivity contribution in [3.8, 4) is 0 Å². The third-order valence-electron chi connectivity index (χ3n) is 5.05. The van der Waals surface area contributed by atoms with E-state index in [0.29, 0.717) is 43.1 Å². The SMILES string of the molecule is Cc1ccc(C(=O)N2CCN(c3ccccc3F)CC2)cc1N(C)S(C)(=O)=O. The average Bonchev–Trinajstić information content (AvgIpc) is 2.67. The van der Waals surface area contributed by atoms with Crippen molar-refractivity contribution in [2.75, 3.05) is 48.7 Å². The molecule has 0 spiro atoms. The maximum Gasteiger partial charge on any atom is 0.254 e. The molecule has 1 amide bonds. The second-order valence-corrected chi connectivity index (χ2v) is 8.98. The van der Waals surface area contributed by atoms with Crippen molar-refractivity contribution >= 4 is 27.3 Å². The van der Waals surface area contributed by atoms with E-state index < -0.39 is 10.0 Å². The van der Waals surface area contributed by atoms with Gasteiger partial charge in [-0.15, -0.1) is 0 Å². The largest absolute Gasteiger partial charge is 0.366 e. The molecular formula is C20H24FN3O3S. The van der Waals surface area contributed by atoms with Gasteiger partial charge in [0.05, 0.1) is 17.6 Å². The summed E-state index contributed by atoms with van der Waals surface area (Å²) >= 11 is 0. The molecule has 0 unspecified atom stereocenters. The Balaban J connectivity index is 1.74. The number of hydrogen-bond donors (Lipinski definition) is 0. The summed E-state index contributed by atoms with van der Waals surface area (Å²) in [5.74, 6) is -0.425. The molecule has 0 bridgehead atoms. The molecule has 2 aromatic rings. The van der Waals surface area contributed by atoms with E-state index in [1.54, 1.807) is 48.2 Å². The van der Waals surface area contributed by atoms with Crippen molar-refractivity contribution in [2.24, 2.45) is 0 Å². The number of hydrogen-bond acceptors (Lipinski definition) is 4. The van der Waals surface area contributed by atoms with E-state index in [1.807, 2.05) is 4.90 Å². The normalized spacial score (nSPS) is 14.9. The molecule has 8 heteroatoms. The maximum atomic E-state index is 14.0. The number of nitrogens with zero attached hydrogens (tertiary/aromatic N) is 3. The number of anilines is 2. The Morgan fingerprint density at radius 3 is 2.32 bits per heavy atom. The fourth-order valence-corrected chi connectivity index (χ4v) is 3.86. The van der Waals surface area contributed by atoms with Gasteiger partial charge in [0.15, 0.2) is 0 Å². The van der Waals surface area contributed by atoms with Crippen LogP contribution in [0.25, 0.3) is 0 Å². The fourth-order valence-electron chi connectivity index (χ4n) is 3.30. The van der Waals surface area contributed by atoms with Crippen LogP contribution in [0.15, 0.2) is 42.5 Å². The molecule has 0 radical (unpaired) electrons. The Morgan fingerprint density at radius 2 is 1.71 bits per heavy atom. The summed E-state index contributed by atoms with van der Waals surface area (Å²) in [7, 11) is -1.95. The van der Waals surface area contributed by atoms with Crippen molar-refractivity contribution < 1.29 is 17.6 Å². The number of carbonyl (C=O) groups excluding carboxylic acids is 1. The van der Waals surface area contributed by atoms with Crippen molar-refractivity contribution in [1.82, 2.24) is 4.90 Å². The maximum absolute atomic E-state index is 14.0. The predicted octanol–water partition coefficient (Wildman–Crippen LogP) is 2.49. The van der Waals surface area contributed by atoms with Crippen LogP contribution in [0.1, 0.15) is 15.9 Å². The second-order valence-electron chi connectivity index (χ2n) is 6.96. The average molecular weight is 405 g/mol. The Labute approximate surface area is 165 Å². The van der Waals surface area contributed by atoms with Gasteiger partial charge >= 0.3 is 0 Å². The molecule has 1 saturated heterocycles. The lowest BCUT2D eigenvalue weighted by Crippen LogP contribution is -2.49. The van der Waals surface area contributed by atoms with E-state index in [2.05, 4.69) is 0 Å². The Kier molecular flexibility index (Phi) is 5.60. The summed E-state index contributed by atoms with van der Waals surface area (Å²) in [5, 5.41) is 0. The summed E-state index contributed by atoms with van der Waals surface area (Å²) in [6, 6.07) is 11.7. The molecule has 0 atom stereocenters. The Hall–Kier alpha value is -2.61. The number of aryl methyl sites for hydroxylation is 1. The van der Waals surface area contributed by atoms with Crippen LogP contribution in [-0.4, -0.2) is 58.7 Å². The fraction of sp³-hybridized carbons (Fsp3) is 0.350. The van der Waals surface area contributed by atoms with Gasteiger partial charge in [0.1, 0.15) is 5.82 Å². The van der Waals surface area contributed by atoms with Gasteiger partial charge in [0.2, 0.25) is 10.0 Å². The monoisotopic (exact) mass is 405 g/mol. The Bertz CT molecular complexity index is 986. The number of sulfonamides is 1. The molecule has 0 N–H and O–H groups in total. The molecule has 2 aromatic carbocycles. The first kappa shape index (κ1) is 20.1. The van der Waals surface area contributed by atoms with Gasteiger partial charge in [0.25, 0.3) is 5.91 Å². The first-order chi connectivity index (χ1) is 13.2. The standard InChI is InChI=1S/C20H24FN3O3S/c1-15-8-9-16(14-19(15)22(2)28(3,26)27)20(25)24-12-10-23(11-13-24)18-7-5-4-6-17(18)21/h4-9,14H,10-13H2,1-3H3. The Morgan fingerprint density at radius 1 is 1.07 bits per heavy atom. The summed E-state index contributed by atoms with van der Waals surface area (Å²) in [5.41, 5.74) is 2.24. The van der Waals surface area contributed by atoms with Crippen LogP contribution in [0.4, 0.5) is 15.8 Å². The van der Waals surface area contributed by atoms with Crippen LogP contribution in [0, 0.1) is 12.7 Å². The smallest absolute Gasteiger partial charge is 0.254 e. The molecule has 1 fully saturated rings. The first-order valence-corrected chi connectivity index (χ1v) is 10.9. The lowest BCUT2D eigenvalue weighted by atomic mass is 10.1. The van der Waals surface area contributed by atoms with E-state index in [1.165, 1.54) is 17.4 Å². The summed E-state index contributed by atoms with van der Waals surface area (Å²) in [6.07, 6.45) is 1.13. The predicted molar refractivity (Wildman–Crippen MR) is 109 cm³/mol. The third kappa shape index (κ3) is 4.11. The zero-order valence-electron chi connectivity index (χ0n) is 16.2. The minimum absolute atomic E-state index is 0.156. The molecule has 0 aliphatic carbocycles. The highest BCUT2D eigenvalue weighted by Crippen LogP contribution is 2.25. The molecule has 3 rings (SSSR count). The van der Waals surface area contributed by atoms with Crippen LogP contribution < -0.4 is 9.21 Å². The lowest BCUT2D eigenvalue weighted by molar-refractivity contribution is 0.0746. The first-order valence-electron chi connectivity index (χ1n) is 9.02. The second kappa shape index (κ2) is 7.79. The minimum atomic E-state index is -3.42. The van der Waals surface area contributed by atoms with E-state index >= 15 is 0 Å². The molecule has 1 heterocycles. The lowest BCUT2D eigenvalue weighted by Gasteiger charge is -2.36. The van der Waals surface area contributed by atoms with Gasteiger partial charge < -0.3 is 9.80 Å². The molecular weight excluding hydrogens is 381 g/mol. The number of para-hydroxylation sites is 1. The molecule has 150 valence electrons. The van der Waals surface area contributed by atoms with Gasteiger partial charge in [-0.05, 0) is 36.8 Å². The van der Waals surface area contributed by atoms with Gasteiger partial charge in [-0.25, -0.2) is 12.8 Å². The number of halogens is 1. The highest BCUT2D eigenvalue weighted by Gasteiger charge is 2.24. The van der Waals surface area contributed by atoms with Crippen LogP contribution in [-0.2, 0) is 10.0 Å². The van der Waals surface area contributed by atoms with Crippen molar-refractivity contribution in [3.63, 3.8) is 0 Å². The molecule has 28 heavy (non-hydrogen) atoms. The molecule has 0 saturated carbocycles. The highest BCUT2D eigenvalue weighted by molar-refractivity contribution is 7.92. The van der Waals surface area contributed by atoms with E-state index in [0.717, 1.165) is 11.8 Å². The van der Waals surface area contributed by atoms with Gasteiger partial charge in [-0.3, -0.25) is 9.10 Å². The quantitative estimate of drug-likeness (QED) is 0.784. The summed E-state index contributed by atoms with van der Waals surface area (Å²) in [4.78, 5) is 16.6. The number of benzene rings is 2. The van der Waals surface area contributed by atoms with E-state index in [4.69, 9.17) is 0 Å². The number of rotatable bonds is 4. The third-order valence-corrected chi connectivity index (χ3v) is 6.24. The van der Waals surface area contributed by atoms with Crippen LogP contribution in [0.3, 0.4) is 0 Å². The van der Waals surface area contributed by atoms with Crippen molar-refractivity contribution in [2.45, 2.75) is 6.92 Å². The minimum Gasteiger partial charge on any atom is -0.366 e. The number of piperazine rings is 1. The highest BCUT2D eigenvalue weighted by atomic mass is 32.2. The van der Waals surface area contributed by atoms with Crippen molar-refractivity contribution in [1.29, 1.82) is 0 Å². The van der Waals surface area contributed by atoms with Crippen molar-refractivity contribution in [3.05, 3.63) is 59.4 Å². The van der Waals surface area contributed by atoms with Crippen LogP contribution in [0.2, 0.25) is 0 Å². The van der Waals surface area contributed by atoms with E-state index in [9.17, 15) is 17.6 Å². The zero-order chi connectivity index (χ0) is 20.5. The number of carbonyl (C=O) groups is 1. The molecule has 6 nitrogen and oxygen atoms in total. The van der Waals surface area contributed by atoms with Crippen LogP contribution in [0.5, 0.6) is 0 Å². The van der Waals surface area contributed by atoms with E-state index in [-0.39, 0.29) is 11.7 Å². The summed E-state index contributed by atoms with van der Waals surface area (Å²) < 4.78 is 38.9. The van der Waals surface area contributed by atoms with Gasteiger partial charge in [-0.2, -0.15) is 0 Å². The zero-order valence-corrected chi connectivity index (χ0v) is 17.0.